The Labute approximate surface area is 204 Å². The van der Waals surface area contributed by atoms with Crippen LogP contribution in [0.2, 0.25) is 0 Å². The third-order valence-corrected chi connectivity index (χ3v) is 13.9. The van der Waals surface area contributed by atoms with Gasteiger partial charge in [-0.2, -0.15) is 0 Å². The van der Waals surface area contributed by atoms with Crippen LogP contribution in [0.25, 0.3) is 0 Å². The van der Waals surface area contributed by atoms with Crippen LogP contribution in [-0.4, -0.2) is 22.4 Å². The highest BCUT2D eigenvalue weighted by Gasteiger charge is 2.71. The maximum absolute atomic E-state index is 11.1. The van der Waals surface area contributed by atoms with Crippen molar-refractivity contribution >= 4 is 0 Å². The van der Waals surface area contributed by atoms with E-state index in [0.717, 1.165) is 12.3 Å². The zero-order valence-corrected chi connectivity index (χ0v) is 22.7. The second kappa shape index (κ2) is 7.34. The van der Waals surface area contributed by atoms with Gasteiger partial charge in [-0.05, 0) is 135 Å². The Bertz CT molecular complexity index is 814. The summed E-state index contributed by atoms with van der Waals surface area (Å²) in [6.07, 6.45) is 11.9. The van der Waals surface area contributed by atoms with E-state index in [1.54, 1.807) is 0 Å². The Morgan fingerprint density at radius 1 is 0.818 bits per heavy atom. The molecule has 5 aliphatic carbocycles. The molecular weight excluding hydrogens is 404 g/mol. The predicted molar refractivity (Wildman–Crippen MR) is 137 cm³/mol. The molecule has 0 aromatic rings. The first-order chi connectivity index (χ1) is 15.3. The molecule has 188 valence electrons. The zero-order chi connectivity index (χ0) is 24.2. The Morgan fingerprint density at radius 3 is 2.15 bits per heavy atom. The molecule has 5 rings (SSSR count). The van der Waals surface area contributed by atoms with Crippen molar-refractivity contribution in [2.24, 2.45) is 56.7 Å². The molecule has 2 N–H and O–H groups in total. The Morgan fingerprint density at radius 2 is 1.52 bits per heavy atom. The van der Waals surface area contributed by atoms with Gasteiger partial charge in [0.05, 0.1) is 12.2 Å². The number of fused-ring (bicyclic) bond motifs is 7. The fourth-order valence-electron chi connectivity index (χ4n) is 11.9. The number of hydrogen-bond donors (Lipinski definition) is 2. The van der Waals surface area contributed by atoms with Gasteiger partial charge in [-0.1, -0.05) is 46.8 Å². The molecule has 0 radical (unpaired) electrons. The van der Waals surface area contributed by atoms with E-state index in [1.807, 2.05) is 0 Å². The largest absolute Gasteiger partial charge is 0.393 e. The second-order valence-electron chi connectivity index (χ2n) is 15.0. The van der Waals surface area contributed by atoms with Crippen molar-refractivity contribution in [3.8, 4) is 0 Å². The first-order valence-electron chi connectivity index (χ1n) is 14.3. The first-order valence-corrected chi connectivity index (χ1v) is 14.3. The topological polar surface area (TPSA) is 40.5 Å². The summed E-state index contributed by atoms with van der Waals surface area (Å²) in [4.78, 5) is 0. The van der Waals surface area contributed by atoms with Gasteiger partial charge in [0, 0.05) is 0 Å². The van der Waals surface area contributed by atoms with Crippen molar-refractivity contribution in [3.63, 3.8) is 0 Å². The average molecular weight is 457 g/mol. The van der Waals surface area contributed by atoms with Gasteiger partial charge in [0.15, 0.2) is 0 Å². The molecule has 5 aliphatic rings. The minimum atomic E-state index is -0.212. The van der Waals surface area contributed by atoms with Gasteiger partial charge in [0.1, 0.15) is 0 Å². The number of rotatable bonds is 2. The molecule has 5 unspecified atom stereocenters. The van der Waals surface area contributed by atoms with Crippen LogP contribution < -0.4 is 0 Å². The number of aliphatic hydroxyl groups is 2. The zero-order valence-electron chi connectivity index (χ0n) is 22.7. The van der Waals surface area contributed by atoms with E-state index >= 15 is 0 Å². The quantitative estimate of drug-likeness (QED) is 0.425. The van der Waals surface area contributed by atoms with Gasteiger partial charge >= 0.3 is 0 Å². The van der Waals surface area contributed by atoms with Crippen LogP contribution in [0, 0.1) is 56.7 Å². The monoisotopic (exact) mass is 456 g/mol. The van der Waals surface area contributed by atoms with Crippen LogP contribution in [0.3, 0.4) is 0 Å². The second-order valence-corrected chi connectivity index (χ2v) is 15.0. The fraction of sp³-hybridized carbons (Fsp3) is 0.935. The molecule has 0 heterocycles. The summed E-state index contributed by atoms with van der Waals surface area (Å²) in [6.45, 7) is 21.5. The molecule has 5 fully saturated rings. The predicted octanol–water partition coefficient (Wildman–Crippen LogP) is 7.39. The number of allylic oxidation sites excluding steroid dienone is 1. The SMILES string of the molecule is C=C(C)[C@@H]1CC[C@]2(C(C)O)CC[C@]3(C)C(CCC4[C@@]5(C)CC[C@H](O)C(C)(C)C5CC[C@]43C)C12. The van der Waals surface area contributed by atoms with E-state index in [2.05, 4.69) is 55.0 Å². The highest BCUT2D eigenvalue weighted by atomic mass is 16.3. The summed E-state index contributed by atoms with van der Waals surface area (Å²) in [5.74, 6) is 3.26. The third kappa shape index (κ3) is 2.86. The van der Waals surface area contributed by atoms with Crippen molar-refractivity contribution in [3.05, 3.63) is 12.2 Å². The minimum Gasteiger partial charge on any atom is -0.393 e. The molecule has 0 aromatic carbocycles. The lowest BCUT2D eigenvalue weighted by atomic mass is 9.32. The number of hydrogen-bond acceptors (Lipinski definition) is 2. The Hall–Kier alpha value is -0.340. The summed E-state index contributed by atoms with van der Waals surface area (Å²) >= 11 is 0. The van der Waals surface area contributed by atoms with Crippen LogP contribution >= 0.6 is 0 Å². The van der Waals surface area contributed by atoms with Crippen LogP contribution in [-0.2, 0) is 0 Å². The molecule has 0 saturated heterocycles. The van der Waals surface area contributed by atoms with E-state index < -0.39 is 0 Å². The molecule has 5 saturated carbocycles. The van der Waals surface area contributed by atoms with Crippen LogP contribution in [0.15, 0.2) is 12.2 Å². The Balaban J connectivity index is 1.56. The van der Waals surface area contributed by atoms with Gasteiger partial charge in [-0.25, -0.2) is 0 Å². The fourth-order valence-corrected chi connectivity index (χ4v) is 11.9. The lowest BCUT2D eigenvalue weighted by Crippen LogP contribution is -2.67. The maximum Gasteiger partial charge on any atom is 0.0594 e. The Kier molecular flexibility index (Phi) is 5.42. The first kappa shape index (κ1) is 24.4. The van der Waals surface area contributed by atoms with Crippen LogP contribution in [0.4, 0.5) is 0 Å². The van der Waals surface area contributed by atoms with Crippen molar-refractivity contribution in [1.29, 1.82) is 0 Å². The average Bonchev–Trinajstić information content (AvgIpc) is 3.13. The van der Waals surface area contributed by atoms with Gasteiger partial charge in [0.25, 0.3) is 0 Å². The van der Waals surface area contributed by atoms with Gasteiger partial charge in [-0.3, -0.25) is 0 Å². The molecule has 0 aliphatic heterocycles. The van der Waals surface area contributed by atoms with Gasteiger partial charge < -0.3 is 10.2 Å². The summed E-state index contributed by atoms with van der Waals surface area (Å²) in [5.41, 5.74) is 2.52. The standard InChI is InChI=1S/C31H52O2/c1-19(2)21-11-16-31(20(3)32)18-17-29(7)22(26(21)31)9-10-24-28(6)14-13-25(33)27(4,5)23(28)12-15-30(24,29)8/h20-26,32-33H,1,9-18H2,2-8H3/t20?,21-,22?,23?,24?,25-,26?,28-,29+,30+,31+/m0/s1. The summed E-state index contributed by atoms with van der Waals surface area (Å²) in [7, 11) is 0. The van der Waals surface area contributed by atoms with Gasteiger partial charge in [0.2, 0.25) is 0 Å². The van der Waals surface area contributed by atoms with Crippen molar-refractivity contribution < 1.29 is 10.2 Å². The van der Waals surface area contributed by atoms with E-state index in [0.29, 0.717) is 39.9 Å². The minimum absolute atomic E-state index is 0.0244. The normalized spacial score (nSPS) is 56.2. The molecule has 2 heteroatoms. The number of aliphatic hydroxyl groups excluding tert-OH is 2. The van der Waals surface area contributed by atoms with E-state index in [4.69, 9.17) is 0 Å². The lowest BCUT2D eigenvalue weighted by Gasteiger charge is -2.73. The highest BCUT2D eigenvalue weighted by Crippen LogP contribution is 2.77. The summed E-state index contributed by atoms with van der Waals surface area (Å²) < 4.78 is 0. The highest BCUT2D eigenvalue weighted by molar-refractivity contribution is 5.22. The van der Waals surface area contributed by atoms with Crippen molar-refractivity contribution in [2.45, 2.75) is 125 Å². The smallest absolute Gasteiger partial charge is 0.0594 e. The van der Waals surface area contributed by atoms with Crippen LogP contribution in [0.5, 0.6) is 0 Å². The van der Waals surface area contributed by atoms with Crippen molar-refractivity contribution in [1.82, 2.24) is 0 Å². The lowest BCUT2D eigenvalue weighted by molar-refractivity contribution is -0.252. The summed E-state index contributed by atoms with van der Waals surface area (Å²) in [6, 6.07) is 0. The van der Waals surface area contributed by atoms with Crippen molar-refractivity contribution in [2.75, 3.05) is 0 Å². The molecule has 2 nitrogen and oxygen atoms in total. The maximum atomic E-state index is 11.1. The molecule has 0 spiro atoms. The van der Waals surface area contributed by atoms with E-state index in [9.17, 15) is 10.2 Å². The van der Waals surface area contributed by atoms with E-state index in [-0.39, 0.29) is 23.0 Å². The molecule has 0 bridgehead atoms. The summed E-state index contributed by atoms with van der Waals surface area (Å²) in [5, 5.41) is 22.1. The third-order valence-electron chi connectivity index (χ3n) is 13.9. The molecule has 33 heavy (non-hydrogen) atoms. The molecule has 0 amide bonds. The molecule has 11 atom stereocenters. The molecule has 0 aromatic heterocycles. The van der Waals surface area contributed by atoms with Gasteiger partial charge in [-0.15, -0.1) is 0 Å². The van der Waals surface area contributed by atoms with Crippen LogP contribution in [0.1, 0.15) is 113 Å². The molecular formula is C31H52O2. The van der Waals surface area contributed by atoms with E-state index in [1.165, 1.54) is 63.4 Å².